The standard InChI is InChI=1S/C15H27NO11/c1-5(19)16-8-11(22)9(20)6(3-17)25-14(8)27-13-10(21)7(4-18)26-15(24-2)12(13)23/h6-15,17-18,20-23H,3-4H2,1-2H3,(H,16,19)/t6-,7-,8-,9+,10+,11-,12-,13+,14+,15+/m1/s1. The Balaban J connectivity index is 2.24. The summed E-state index contributed by atoms with van der Waals surface area (Å²) >= 11 is 0. The zero-order valence-electron chi connectivity index (χ0n) is 14.9. The number of carbonyl (C=O) groups excluding carboxylic acids is 1. The first-order valence-electron chi connectivity index (χ1n) is 8.45. The minimum atomic E-state index is -1.55. The summed E-state index contributed by atoms with van der Waals surface area (Å²) in [6.07, 6.45) is -12.4. The molecule has 0 aromatic heterocycles. The molecule has 0 unspecified atom stereocenters. The van der Waals surface area contributed by atoms with Crippen LogP contribution in [0.3, 0.4) is 0 Å². The van der Waals surface area contributed by atoms with Gasteiger partial charge in [-0.25, -0.2) is 0 Å². The summed E-state index contributed by atoms with van der Waals surface area (Å²) in [6, 6.07) is -1.25. The van der Waals surface area contributed by atoms with Gasteiger partial charge in [0.25, 0.3) is 0 Å². The molecule has 2 heterocycles. The topological polar surface area (TPSA) is 187 Å². The third-order valence-electron chi connectivity index (χ3n) is 4.60. The van der Waals surface area contributed by atoms with E-state index >= 15 is 0 Å². The van der Waals surface area contributed by atoms with E-state index in [-0.39, 0.29) is 0 Å². The van der Waals surface area contributed by atoms with Crippen LogP contribution in [0.2, 0.25) is 0 Å². The van der Waals surface area contributed by atoms with Gasteiger partial charge in [0.1, 0.15) is 48.8 Å². The molecular formula is C15H27NO11. The van der Waals surface area contributed by atoms with Gasteiger partial charge in [-0.3, -0.25) is 4.79 Å². The molecule has 0 aromatic carbocycles. The van der Waals surface area contributed by atoms with Gasteiger partial charge < -0.3 is 54.9 Å². The summed E-state index contributed by atoms with van der Waals surface area (Å²) in [5.74, 6) is -0.554. The van der Waals surface area contributed by atoms with Crippen molar-refractivity contribution in [2.75, 3.05) is 20.3 Å². The maximum Gasteiger partial charge on any atom is 0.217 e. The molecule has 2 saturated heterocycles. The molecule has 2 aliphatic heterocycles. The Kier molecular flexibility index (Phi) is 7.88. The van der Waals surface area contributed by atoms with Crippen LogP contribution in [-0.4, -0.2) is 118 Å². The lowest BCUT2D eigenvalue weighted by Gasteiger charge is -2.46. The predicted molar refractivity (Wildman–Crippen MR) is 85.0 cm³/mol. The van der Waals surface area contributed by atoms with Crippen molar-refractivity contribution < 1.29 is 54.4 Å². The molecule has 0 aliphatic carbocycles. The summed E-state index contributed by atoms with van der Waals surface area (Å²) in [4.78, 5) is 11.4. The monoisotopic (exact) mass is 397 g/mol. The molecule has 2 fully saturated rings. The fraction of sp³-hybridized carbons (Fsp3) is 0.933. The molecular weight excluding hydrogens is 370 g/mol. The number of carbonyl (C=O) groups is 1. The maximum atomic E-state index is 11.4. The van der Waals surface area contributed by atoms with Crippen LogP contribution >= 0.6 is 0 Å². The molecule has 2 rings (SSSR count). The molecule has 0 bridgehead atoms. The van der Waals surface area contributed by atoms with E-state index in [1.54, 1.807) is 0 Å². The van der Waals surface area contributed by atoms with E-state index in [0.717, 1.165) is 0 Å². The second-order valence-corrected chi connectivity index (χ2v) is 6.48. The van der Waals surface area contributed by atoms with Gasteiger partial charge in [-0.05, 0) is 0 Å². The van der Waals surface area contributed by atoms with Gasteiger partial charge in [0.15, 0.2) is 12.6 Å². The summed E-state index contributed by atoms with van der Waals surface area (Å²) in [6.45, 7) is -0.0617. The highest BCUT2D eigenvalue weighted by Crippen LogP contribution is 2.29. The Morgan fingerprint density at radius 3 is 2.00 bits per heavy atom. The first kappa shape index (κ1) is 22.4. The van der Waals surface area contributed by atoms with E-state index < -0.39 is 80.5 Å². The van der Waals surface area contributed by atoms with E-state index in [0.29, 0.717) is 0 Å². The second kappa shape index (κ2) is 9.52. The van der Waals surface area contributed by atoms with Crippen LogP contribution in [0.1, 0.15) is 6.92 Å². The zero-order chi connectivity index (χ0) is 20.3. The lowest BCUT2D eigenvalue weighted by molar-refractivity contribution is -0.344. The molecule has 158 valence electrons. The summed E-state index contributed by atoms with van der Waals surface area (Å²) in [5, 5.41) is 61.9. The van der Waals surface area contributed by atoms with Crippen molar-refractivity contribution in [3.63, 3.8) is 0 Å². The molecule has 0 radical (unpaired) electrons. The van der Waals surface area contributed by atoms with Crippen LogP contribution in [0.4, 0.5) is 0 Å². The summed E-state index contributed by atoms with van der Waals surface area (Å²) in [5.41, 5.74) is 0. The molecule has 10 atom stereocenters. The highest BCUT2D eigenvalue weighted by molar-refractivity contribution is 5.73. The number of amides is 1. The van der Waals surface area contributed by atoms with Gasteiger partial charge in [-0.15, -0.1) is 0 Å². The first-order valence-corrected chi connectivity index (χ1v) is 8.45. The Bertz CT molecular complexity index is 478. The van der Waals surface area contributed by atoms with Crippen LogP contribution in [-0.2, 0) is 23.7 Å². The number of aliphatic hydroxyl groups excluding tert-OH is 6. The van der Waals surface area contributed by atoms with E-state index in [1.807, 2.05) is 0 Å². The third kappa shape index (κ3) is 4.74. The van der Waals surface area contributed by atoms with Crippen molar-refractivity contribution in [3.05, 3.63) is 0 Å². The average molecular weight is 397 g/mol. The van der Waals surface area contributed by atoms with Crippen molar-refractivity contribution in [2.24, 2.45) is 0 Å². The van der Waals surface area contributed by atoms with Gasteiger partial charge >= 0.3 is 0 Å². The predicted octanol–water partition coefficient (Wildman–Crippen LogP) is -4.60. The van der Waals surface area contributed by atoms with E-state index in [2.05, 4.69) is 5.32 Å². The zero-order valence-corrected chi connectivity index (χ0v) is 14.9. The van der Waals surface area contributed by atoms with Gasteiger partial charge in [0.2, 0.25) is 5.91 Å². The van der Waals surface area contributed by atoms with Crippen LogP contribution < -0.4 is 5.32 Å². The quantitative estimate of drug-likeness (QED) is 0.228. The molecule has 1 amide bonds. The van der Waals surface area contributed by atoms with Gasteiger partial charge in [0, 0.05) is 14.0 Å². The van der Waals surface area contributed by atoms with Gasteiger partial charge in [-0.2, -0.15) is 0 Å². The lowest BCUT2D eigenvalue weighted by Crippen LogP contribution is -2.67. The first-order chi connectivity index (χ1) is 12.7. The Morgan fingerprint density at radius 1 is 0.926 bits per heavy atom. The second-order valence-electron chi connectivity index (χ2n) is 6.48. The molecule has 0 spiro atoms. The van der Waals surface area contributed by atoms with Crippen LogP contribution in [0, 0.1) is 0 Å². The van der Waals surface area contributed by atoms with Crippen molar-refractivity contribution >= 4 is 5.91 Å². The molecule has 2 aliphatic rings. The number of nitrogens with one attached hydrogen (secondary N) is 1. The Morgan fingerprint density at radius 2 is 1.48 bits per heavy atom. The Labute approximate surface area is 155 Å². The number of methoxy groups -OCH3 is 1. The highest BCUT2D eigenvalue weighted by Gasteiger charge is 2.51. The average Bonchev–Trinajstić information content (AvgIpc) is 2.64. The fourth-order valence-corrected chi connectivity index (χ4v) is 3.15. The third-order valence-corrected chi connectivity index (χ3v) is 4.60. The number of hydrogen-bond acceptors (Lipinski definition) is 11. The summed E-state index contributed by atoms with van der Waals surface area (Å²) in [7, 11) is 1.25. The molecule has 0 saturated carbocycles. The number of ether oxygens (including phenoxy) is 4. The maximum absolute atomic E-state index is 11.4. The number of aliphatic hydroxyl groups is 6. The van der Waals surface area contributed by atoms with Crippen molar-refractivity contribution in [3.8, 4) is 0 Å². The van der Waals surface area contributed by atoms with Crippen LogP contribution in [0.15, 0.2) is 0 Å². The lowest BCUT2D eigenvalue weighted by atomic mass is 9.95. The smallest absolute Gasteiger partial charge is 0.217 e. The minimum absolute atomic E-state index is 0.554. The minimum Gasteiger partial charge on any atom is -0.394 e. The molecule has 12 nitrogen and oxygen atoms in total. The molecule has 12 heteroatoms. The Hall–Kier alpha value is -0.930. The summed E-state index contributed by atoms with van der Waals surface area (Å²) < 4.78 is 21.2. The van der Waals surface area contributed by atoms with Crippen LogP contribution in [0.5, 0.6) is 0 Å². The molecule has 0 aromatic rings. The fourth-order valence-electron chi connectivity index (χ4n) is 3.15. The normalized spacial score (nSPS) is 45.5. The number of rotatable bonds is 6. The van der Waals surface area contributed by atoms with E-state index in [4.69, 9.17) is 18.9 Å². The van der Waals surface area contributed by atoms with Crippen molar-refractivity contribution in [1.82, 2.24) is 5.32 Å². The highest BCUT2D eigenvalue weighted by atomic mass is 16.7. The van der Waals surface area contributed by atoms with Crippen molar-refractivity contribution in [1.29, 1.82) is 0 Å². The molecule has 7 N–H and O–H groups in total. The van der Waals surface area contributed by atoms with E-state index in [1.165, 1.54) is 14.0 Å². The SMILES string of the molecule is CO[C@H]1O[C@H](CO)[C@H](O)[C@H](O[C@@H]2O[C@H](CO)[C@H](O)[C@H](O)[C@H]2NC(C)=O)[C@H]1O. The number of hydrogen-bond donors (Lipinski definition) is 7. The van der Waals surface area contributed by atoms with Crippen LogP contribution in [0.25, 0.3) is 0 Å². The largest absolute Gasteiger partial charge is 0.394 e. The van der Waals surface area contributed by atoms with Gasteiger partial charge in [0.05, 0.1) is 13.2 Å². The van der Waals surface area contributed by atoms with Crippen molar-refractivity contribution in [2.45, 2.75) is 68.3 Å². The molecule has 27 heavy (non-hydrogen) atoms. The van der Waals surface area contributed by atoms with E-state index in [9.17, 15) is 35.4 Å². The van der Waals surface area contributed by atoms with Gasteiger partial charge in [-0.1, -0.05) is 0 Å².